The van der Waals surface area contributed by atoms with Crippen molar-refractivity contribution < 1.29 is 19.7 Å². The molecule has 0 radical (unpaired) electrons. The summed E-state index contributed by atoms with van der Waals surface area (Å²) < 4.78 is 10.7. The Labute approximate surface area is 154 Å². The Hall–Kier alpha value is -2.77. The lowest BCUT2D eigenvalue weighted by molar-refractivity contribution is 0.108. The second kappa shape index (κ2) is 8.07. The van der Waals surface area contributed by atoms with Gasteiger partial charge in [0.15, 0.2) is 0 Å². The van der Waals surface area contributed by atoms with Crippen LogP contribution in [0.4, 0.5) is 0 Å². The van der Waals surface area contributed by atoms with E-state index in [1.807, 2.05) is 12.1 Å². The zero-order chi connectivity index (χ0) is 18.5. The van der Waals surface area contributed by atoms with Gasteiger partial charge < -0.3 is 19.7 Å². The molecular weight excluding hydrogens is 354 g/mol. The molecule has 0 spiro atoms. The van der Waals surface area contributed by atoms with Crippen molar-refractivity contribution in [2.24, 2.45) is 0 Å². The lowest BCUT2D eigenvalue weighted by Crippen LogP contribution is -2.09. The van der Waals surface area contributed by atoms with Gasteiger partial charge in [-0.15, -0.1) is 0 Å². The van der Waals surface area contributed by atoms with Crippen molar-refractivity contribution in [3.63, 3.8) is 0 Å². The molecule has 7 heteroatoms. The first-order chi connectivity index (χ1) is 12.5. The second-order valence-corrected chi connectivity index (χ2v) is 6.77. The normalized spacial score (nSPS) is 11.9. The summed E-state index contributed by atoms with van der Waals surface area (Å²) in [4.78, 5) is 13.9. The smallest absolute Gasteiger partial charge is 0.307 e. The number of aliphatic hydroxyl groups is 1. The summed E-state index contributed by atoms with van der Waals surface area (Å²) in [5, 5.41) is 19.8. The van der Waals surface area contributed by atoms with E-state index in [2.05, 4.69) is 4.98 Å². The largest absolute Gasteiger partial charge is 0.497 e. The van der Waals surface area contributed by atoms with E-state index in [1.54, 1.807) is 43.5 Å². The molecule has 1 unspecified atom stereocenters. The highest BCUT2D eigenvalue weighted by atomic mass is 32.1. The Bertz CT molecular complexity index is 899. The number of benzene rings is 2. The molecule has 0 amide bonds. The zero-order valence-corrected chi connectivity index (χ0v) is 15.0. The number of aromatic amines is 1. The standard InChI is InChI=1S/C19H19NO5S/c1-24-14-8-4-13(5-9-14)16(21)11-25-15-6-2-12(3-7-15)10-17-18(22)20-19(23)26-17/h2-9,16,21-22H,10-11H2,1H3,(H,20,23). The van der Waals surface area contributed by atoms with Gasteiger partial charge in [-0.3, -0.25) is 9.78 Å². The summed E-state index contributed by atoms with van der Waals surface area (Å²) in [5.74, 6) is 1.28. The summed E-state index contributed by atoms with van der Waals surface area (Å²) >= 11 is 0.993. The van der Waals surface area contributed by atoms with Gasteiger partial charge in [-0.25, -0.2) is 0 Å². The van der Waals surface area contributed by atoms with Crippen LogP contribution in [0.15, 0.2) is 53.3 Å². The average molecular weight is 373 g/mol. The maximum absolute atomic E-state index is 11.2. The molecule has 3 aromatic rings. The Morgan fingerprint density at radius 2 is 1.73 bits per heavy atom. The summed E-state index contributed by atoms with van der Waals surface area (Å²) in [6.45, 7) is 0.131. The van der Waals surface area contributed by atoms with Crippen LogP contribution in [-0.2, 0) is 6.42 Å². The van der Waals surface area contributed by atoms with E-state index < -0.39 is 6.10 Å². The predicted molar refractivity (Wildman–Crippen MR) is 99.3 cm³/mol. The Morgan fingerprint density at radius 1 is 1.08 bits per heavy atom. The number of hydrogen-bond acceptors (Lipinski definition) is 6. The maximum Gasteiger partial charge on any atom is 0.307 e. The molecule has 136 valence electrons. The van der Waals surface area contributed by atoms with Crippen molar-refractivity contribution in [1.29, 1.82) is 0 Å². The van der Waals surface area contributed by atoms with Gasteiger partial charge >= 0.3 is 4.87 Å². The monoisotopic (exact) mass is 373 g/mol. The fraction of sp³-hybridized carbons (Fsp3) is 0.211. The van der Waals surface area contributed by atoms with E-state index in [4.69, 9.17) is 9.47 Å². The van der Waals surface area contributed by atoms with Gasteiger partial charge in [0, 0.05) is 6.42 Å². The number of ether oxygens (including phenoxy) is 2. The number of nitrogens with one attached hydrogen (secondary N) is 1. The fourth-order valence-corrected chi connectivity index (χ4v) is 3.22. The molecule has 0 saturated heterocycles. The van der Waals surface area contributed by atoms with Crippen molar-refractivity contribution in [2.75, 3.05) is 13.7 Å². The van der Waals surface area contributed by atoms with Gasteiger partial charge in [0.2, 0.25) is 5.88 Å². The number of thiazole rings is 1. The van der Waals surface area contributed by atoms with Crippen molar-refractivity contribution in [3.8, 4) is 17.4 Å². The van der Waals surface area contributed by atoms with Crippen molar-refractivity contribution in [2.45, 2.75) is 12.5 Å². The molecule has 3 rings (SSSR count). The van der Waals surface area contributed by atoms with Crippen molar-refractivity contribution in [1.82, 2.24) is 4.98 Å². The Balaban J connectivity index is 1.56. The van der Waals surface area contributed by atoms with Crippen LogP contribution in [0.1, 0.15) is 22.1 Å². The summed E-state index contributed by atoms with van der Waals surface area (Å²) in [5.41, 5.74) is 1.69. The van der Waals surface area contributed by atoms with E-state index in [0.29, 0.717) is 17.0 Å². The minimum atomic E-state index is -0.741. The summed E-state index contributed by atoms with van der Waals surface area (Å²) in [6.07, 6.45) is -0.279. The van der Waals surface area contributed by atoms with Crippen LogP contribution in [0, 0.1) is 0 Å². The number of methoxy groups -OCH3 is 1. The first kappa shape index (κ1) is 18.0. The molecule has 1 heterocycles. The number of aliphatic hydroxyl groups excluding tert-OH is 1. The van der Waals surface area contributed by atoms with Crippen molar-refractivity contribution in [3.05, 3.63) is 74.2 Å². The number of rotatable bonds is 7. The molecule has 0 fully saturated rings. The molecule has 1 aromatic heterocycles. The summed E-state index contributed by atoms with van der Waals surface area (Å²) in [7, 11) is 1.59. The molecule has 26 heavy (non-hydrogen) atoms. The minimum Gasteiger partial charge on any atom is -0.497 e. The molecule has 0 aliphatic carbocycles. The third-order valence-electron chi connectivity index (χ3n) is 3.90. The highest BCUT2D eigenvalue weighted by molar-refractivity contribution is 7.09. The highest BCUT2D eigenvalue weighted by Crippen LogP contribution is 2.23. The summed E-state index contributed by atoms with van der Waals surface area (Å²) in [6, 6.07) is 14.5. The molecule has 0 bridgehead atoms. The minimum absolute atomic E-state index is 0.0806. The maximum atomic E-state index is 11.2. The first-order valence-electron chi connectivity index (χ1n) is 8.00. The SMILES string of the molecule is COc1ccc(C(O)COc2ccc(Cc3sc(=O)[nH]c3O)cc2)cc1. The van der Waals surface area contributed by atoms with Gasteiger partial charge in [0.1, 0.15) is 24.2 Å². The van der Waals surface area contributed by atoms with Crippen LogP contribution < -0.4 is 14.3 Å². The first-order valence-corrected chi connectivity index (χ1v) is 8.81. The molecule has 1 atom stereocenters. The fourth-order valence-electron chi connectivity index (χ4n) is 2.46. The van der Waals surface area contributed by atoms with Crippen LogP contribution in [0.3, 0.4) is 0 Å². The second-order valence-electron chi connectivity index (χ2n) is 5.71. The lowest BCUT2D eigenvalue weighted by atomic mass is 10.1. The zero-order valence-electron chi connectivity index (χ0n) is 14.1. The number of H-pyrrole nitrogens is 1. The van der Waals surface area contributed by atoms with E-state index in [-0.39, 0.29) is 17.4 Å². The van der Waals surface area contributed by atoms with Gasteiger partial charge in [-0.1, -0.05) is 35.6 Å². The molecule has 2 aromatic carbocycles. The lowest BCUT2D eigenvalue weighted by Gasteiger charge is -2.13. The average Bonchev–Trinajstić information content (AvgIpc) is 2.98. The van der Waals surface area contributed by atoms with Crippen LogP contribution in [0.2, 0.25) is 0 Å². The Morgan fingerprint density at radius 3 is 2.31 bits per heavy atom. The molecule has 6 nitrogen and oxygen atoms in total. The van der Waals surface area contributed by atoms with E-state index in [9.17, 15) is 15.0 Å². The van der Waals surface area contributed by atoms with E-state index in [0.717, 1.165) is 28.2 Å². The van der Waals surface area contributed by atoms with Gasteiger partial charge in [0.05, 0.1) is 12.0 Å². The third kappa shape index (κ3) is 4.44. The van der Waals surface area contributed by atoms with Gasteiger partial charge in [-0.05, 0) is 35.4 Å². The quantitative estimate of drug-likeness (QED) is 0.592. The van der Waals surface area contributed by atoms with Crippen LogP contribution in [0.5, 0.6) is 17.4 Å². The van der Waals surface area contributed by atoms with Crippen LogP contribution >= 0.6 is 11.3 Å². The van der Waals surface area contributed by atoms with Crippen molar-refractivity contribution >= 4 is 11.3 Å². The highest BCUT2D eigenvalue weighted by Gasteiger charge is 2.10. The number of hydrogen-bond donors (Lipinski definition) is 3. The molecule has 0 aliphatic heterocycles. The van der Waals surface area contributed by atoms with E-state index >= 15 is 0 Å². The Kier molecular flexibility index (Phi) is 5.60. The van der Waals surface area contributed by atoms with Crippen LogP contribution in [-0.4, -0.2) is 28.9 Å². The third-order valence-corrected chi connectivity index (χ3v) is 4.77. The van der Waals surface area contributed by atoms with Gasteiger partial charge in [0.25, 0.3) is 0 Å². The molecule has 0 aliphatic rings. The van der Waals surface area contributed by atoms with Crippen LogP contribution in [0.25, 0.3) is 0 Å². The molecule has 3 N–H and O–H groups in total. The number of aromatic nitrogens is 1. The number of aromatic hydroxyl groups is 1. The van der Waals surface area contributed by atoms with E-state index in [1.165, 1.54) is 0 Å². The van der Waals surface area contributed by atoms with Gasteiger partial charge in [-0.2, -0.15) is 0 Å². The predicted octanol–water partition coefficient (Wildman–Crippen LogP) is 2.85. The molecule has 0 saturated carbocycles. The molecular formula is C19H19NO5S. The topological polar surface area (TPSA) is 91.8 Å².